The predicted octanol–water partition coefficient (Wildman–Crippen LogP) is 2.58. The van der Waals surface area contributed by atoms with Gasteiger partial charge in [0, 0.05) is 15.6 Å². The number of fused-ring (bicyclic) bond motifs is 1. The van der Waals surface area contributed by atoms with E-state index in [9.17, 15) is 9.59 Å². The molecule has 0 aromatic carbocycles. The molecule has 0 bridgehead atoms. The maximum absolute atomic E-state index is 12.1. The molecule has 8 heteroatoms. The third-order valence-electron chi connectivity index (χ3n) is 2.77. The van der Waals surface area contributed by atoms with E-state index in [4.69, 9.17) is 0 Å². The van der Waals surface area contributed by atoms with Crippen LogP contribution in [0.2, 0.25) is 0 Å². The van der Waals surface area contributed by atoms with Gasteiger partial charge in [-0.1, -0.05) is 0 Å². The highest BCUT2D eigenvalue weighted by molar-refractivity contribution is 7.27. The first kappa shape index (κ1) is 13.8. The van der Waals surface area contributed by atoms with Crippen LogP contribution in [0.5, 0.6) is 0 Å². The number of nitrogens with one attached hydrogen (secondary N) is 1. The minimum absolute atomic E-state index is 0.0150. The Bertz CT molecular complexity index is 774. The van der Waals surface area contributed by atoms with Gasteiger partial charge in [0.2, 0.25) is 0 Å². The van der Waals surface area contributed by atoms with Gasteiger partial charge >= 0.3 is 5.97 Å². The van der Waals surface area contributed by atoms with Crippen molar-refractivity contribution in [1.82, 2.24) is 9.78 Å². The number of carbonyl (C=O) groups excluding carboxylic acids is 2. The Balaban J connectivity index is 1.69. The first-order valence-electron chi connectivity index (χ1n) is 6.03. The maximum atomic E-state index is 12.1. The fraction of sp³-hybridized carbons (Fsp3) is 0.154. The van der Waals surface area contributed by atoms with Crippen LogP contribution in [0.1, 0.15) is 9.67 Å². The second-order valence-corrected chi connectivity index (χ2v) is 6.25. The van der Waals surface area contributed by atoms with Crippen LogP contribution in [-0.4, -0.2) is 28.8 Å². The van der Waals surface area contributed by atoms with Crippen LogP contribution in [0, 0.1) is 0 Å². The largest absolute Gasteiger partial charge is 0.468 e. The summed E-state index contributed by atoms with van der Waals surface area (Å²) >= 11 is 3.06. The Morgan fingerprint density at radius 2 is 2.29 bits per heavy atom. The van der Waals surface area contributed by atoms with Crippen molar-refractivity contribution in [2.45, 2.75) is 6.54 Å². The van der Waals surface area contributed by atoms with E-state index in [1.165, 1.54) is 29.3 Å². The van der Waals surface area contributed by atoms with E-state index < -0.39 is 5.97 Å². The van der Waals surface area contributed by atoms with Crippen molar-refractivity contribution >= 4 is 49.6 Å². The van der Waals surface area contributed by atoms with E-state index in [0.29, 0.717) is 10.6 Å². The van der Waals surface area contributed by atoms with Gasteiger partial charge in [-0.25, -0.2) is 0 Å². The molecule has 3 aromatic heterocycles. The van der Waals surface area contributed by atoms with E-state index in [1.807, 2.05) is 17.5 Å². The van der Waals surface area contributed by atoms with Gasteiger partial charge in [-0.2, -0.15) is 5.10 Å². The number of nitrogens with zero attached hydrogens (tertiary/aromatic N) is 2. The van der Waals surface area contributed by atoms with Gasteiger partial charge < -0.3 is 10.1 Å². The standard InChI is InChI=1S/C13H11N3O3S2/c1-19-12(17)7-16-6-8(5-14-16)15-13(18)11-4-10-9(21-11)2-3-20-10/h2-6H,7H2,1H3,(H,15,18). The zero-order valence-electron chi connectivity index (χ0n) is 11.0. The number of rotatable bonds is 4. The summed E-state index contributed by atoms with van der Waals surface area (Å²) in [6.45, 7) is 0.0150. The van der Waals surface area contributed by atoms with Crippen LogP contribution in [0.3, 0.4) is 0 Å². The van der Waals surface area contributed by atoms with Crippen molar-refractivity contribution in [1.29, 1.82) is 0 Å². The smallest absolute Gasteiger partial charge is 0.327 e. The number of methoxy groups -OCH3 is 1. The molecular formula is C13H11N3O3S2. The lowest BCUT2D eigenvalue weighted by atomic mass is 10.4. The van der Waals surface area contributed by atoms with E-state index in [0.717, 1.165) is 9.40 Å². The second-order valence-electron chi connectivity index (χ2n) is 4.22. The minimum Gasteiger partial charge on any atom is -0.468 e. The lowest BCUT2D eigenvalue weighted by Crippen LogP contribution is -2.12. The Morgan fingerprint density at radius 1 is 1.43 bits per heavy atom. The Hall–Kier alpha value is -2.19. The van der Waals surface area contributed by atoms with Crippen LogP contribution >= 0.6 is 22.7 Å². The molecule has 0 aliphatic carbocycles. The normalized spacial score (nSPS) is 10.7. The van der Waals surface area contributed by atoms with Gasteiger partial charge in [0.05, 0.1) is 23.9 Å². The zero-order chi connectivity index (χ0) is 14.8. The molecule has 0 aliphatic heterocycles. The number of thiophene rings is 2. The predicted molar refractivity (Wildman–Crippen MR) is 81.9 cm³/mol. The van der Waals surface area contributed by atoms with Gasteiger partial charge in [-0.3, -0.25) is 14.3 Å². The summed E-state index contributed by atoms with van der Waals surface area (Å²) < 4.78 is 8.17. The molecule has 0 saturated heterocycles. The fourth-order valence-corrected chi connectivity index (χ4v) is 3.79. The van der Waals surface area contributed by atoms with Crippen molar-refractivity contribution in [3.8, 4) is 0 Å². The molecule has 0 saturated carbocycles. The lowest BCUT2D eigenvalue weighted by molar-refractivity contribution is -0.141. The average Bonchev–Trinajstić information content (AvgIpc) is 3.13. The summed E-state index contributed by atoms with van der Waals surface area (Å²) in [6, 6.07) is 3.87. The molecule has 0 fully saturated rings. The third-order valence-corrected chi connectivity index (χ3v) is 4.87. The molecule has 0 aliphatic rings. The third kappa shape index (κ3) is 2.96. The topological polar surface area (TPSA) is 73.2 Å². The van der Waals surface area contributed by atoms with Crippen molar-refractivity contribution in [2.75, 3.05) is 12.4 Å². The molecule has 1 N–H and O–H groups in total. The molecule has 0 unspecified atom stereocenters. The Morgan fingerprint density at radius 3 is 3.05 bits per heavy atom. The van der Waals surface area contributed by atoms with E-state index >= 15 is 0 Å². The number of ether oxygens (including phenoxy) is 1. The number of hydrogen-bond acceptors (Lipinski definition) is 6. The van der Waals surface area contributed by atoms with Crippen LogP contribution in [0.4, 0.5) is 5.69 Å². The highest BCUT2D eigenvalue weighted by Gasteiger charge is 2.12. The van der Waals surface area contributed by atoms with Gasteiger partial charge in [-0.05, 0) is 17.5 Å². The SMILES string of the molecule is COC(=O)Cn1cc(NC(=O)c2cc3sccc3s2)cn1. The molecule has 0 radical (unpaired) electrons. The summed E-state index contributed by atoms with van der Waals surface area (Å²) in [5.74, 6) is -0.574. The molecule has 0 spiro atoms. The summed E-state index contributed by atoms with van der Waals surface area (Å²) in [5.41, 5.74) is 0.542. The first-order valence-corrected chi connectivity index (χ1v) is 7.73. The van der Waals surface area contributed by atoms with Crippen LogP contribution in [-0.2, 0) is 16.1 Å². The lowest BCUT2D eigenvalue weighted by Gasteiger charge is -2.00. The summed E-state index contributed by atoms with van der Waals surface area (Å²) in [7, 11) is 1.32. The van der Waals surface area contributed by atoms with Crippen LogP contribution < -0.4 is 5.32 Å². The summed E-state index contributed by atoms with van der Waals surface area (Å²) in [5, 5.41) is 8.75. The number of amides is 1. The quantitative estimate of drug-likeness (QED) is 0.750. The zero-order valence-corrected chi connectivity index (χ0v) is 12.7. The molecule has 21 heavy (non-hydrogen) atoms. The fourth-order valence-electron chi connectivity index (χ4n) is 1.78. The molecule has 3 heterocycles. The highest BCUT2D eigenvalue weighted by Crippen LogP contribution is 2.30. The van der Waals surface area contributed by atoms with Gasteiger partial charge in [0.1, 0.15) is 6.54 Å². The molecule has 6 nitrogen and oxygen atoms in total. The average molecular weight is 321 g/mol. The molecule has 3 aromatic rings. The summed E-state index contributed by atoms with van der Waals surface area (Å²) in [4.78, 5) is 23.9. The van der Waals surface area contributed by atoms with Crippen LogP contribution in [0.15, 0.2) is 29.9 Å². The molecule has 1 amide bonds. The number of anilines is 1. The van der Waals surface area contributed by atoms with Crippen LogP contribution in [0.25, 0.3) is 9.40 Å². The van der Waals surface area contributed by atoms with Gasteiger partial charge in [0.25, 0.3) is 5.91 Å². The van der Waals surface area contributed by atoms with Crippen molar-refractivity contribution < 1.29 is 14.3 Å². The monoisotopic (exact) mass is 321 g/mol. The summed E-state index contributed by atoms with van der Waals surface area (Å²) in [6.07, 6.45) is 3.08. The number of aromatic nitrogens is 2. The van der Waals surface area contributed by atoms with E-state index in [2.05, 4.69) is 15.2 Å². The highest BCUT2D eigenvalue weighted by atomic mass is 32.1. The number of carbonyl (C=O) groups is 2. The van der Waals surface area contributed by atoms with Crippen molar-refractivity contribution in [2.24, 2.45) is 0 Å². The second kappa shape index (κ2) is 5.66. The number of hydrogen-bond donors (Lipinski definition) is 1. The minimum atomic E-state index is -0.394. The number of esters is 1. The molecule has 0 atom stereocenters. The van der Waals surface area contributed by atoms with E-state index in [1.54, 1.807) is 17.5 Å². The maximum Gasteiger partial charge on any atom is 0.327 e. The van der Waals surface area contributed by atoms with Crippen molar-refractivity contribution in [3.63, 3.8) is 0 Å². The molecule has 3 rings (SSSR count). The van der Waals surface area contributed by atoms with Gasteiger partial charge in [-0.15, -0.1) is 22.7 Å². The van der Waals surface area contributed by atoms with Gasteiger partial charge in [0.15, 0.2) is 0 Å². The van der Waals surface area contributed by atoms with Crippen molar-refractivity contribution in [3.05, 3.63) is 34.8 Å². The first-order chi connectivity index (χ1) is 10.2. The Kier molecular flexibility index (Phi) is 3.72. The Labute approximate surface area is 128 Å². The molecule has 108 valence electrons. The van der Waals surface area contributed by atoms with E-state index in [-0.39, 0.29) is 12.5 Å². The molecular weight excluding hydrogens is 310 g/mol.